The van der Waals surface area contributed by atoms with Crippen molar-refractivity contribution in [3.8, 4) is 5.75 Å². The molecule has 0 bridgehead atoms. The third-order valence-corrected chi connectivity index (χ3v) is 2.06. The fourth-order valence-electron chi connectivity index (χ4n) is 1.35. The number of carbonyl (C=O) groups is 1. The van der Waals surface area contributed by atoms with Crippen LogP contribution in [-0.2, 0) is 0 Å². The molecule has 0 saturated carbocycles. The van der Waals surface area contributed by atoms with E-state index in [-0.39, 0.29) is 17.2 Å². The first-order valence-electron chi connectivity index (χ1n) is 5.29. The minimum absolute atomic E-state index is 0.130. The van der Waals surface area contributed by atoms with Gasteiger partial charge in [-0.05, 0) is 19.9 Å². The van der Waals surface area contributed by atoms with Crippen LogP contribution in [0.3, 0.4) is 0 Å². The number of nitrogens with zero attached hydrogens (tertiary/aromatic N) is 1. The molecule has 0 aliphatic rings. The van der Waals surface area contributed by atoms with Gasteiger partial charge in [0.2, 0.25) is 0 Å². The molecule has 0 fully saturated rings. The summed E-state index contributed by atoms with van der Waals surface area (Å²) in [4.78, 5) is 21.8. The zero-order valence-corrected chi connectivity index (χ0v) is 9.73. The van der Waals surface area contributed by atoms with Gasteiger partial charge in [-0.25, -0.2) is 0 Å². The molecule has 1 aromatic carbocycles. The molecule has 0 atom stereocenters. The average molecular weight is 238 g/mol. The highest BCUT2D eigenvalue weighted by molar-refractivity contribution is 5.97. The molecule has 6 heteroatoms. The summed E-state index contributed by atoms with van der Waals surface area (Å²) in [5.41, 5.74) is 0.0533. The summed E-state index contributed by atoms with van der Waals surface area (Å²) in [6, 6.07) is 3.97. The van der Waals surface area contributed by atoms with Crippen LogP contribution in [0.15, 0.2) is 18.2 Å². The summed E-state index contributed by atoms with van der Waals surface area (Å²) >= 11 is 0. The fourth-order valence-corrected chi connectivity index (χ4v) is 1.35. The van der Waals surface area contributed by atoms with Gasteiger partial charge in [0.05, 0.1) is 17.1 Å². The van der Waals surface area contributed by atoms with E-state index in [0.29, 0.717) is 18.9 Å². The zero-order valence-electron chi connectivity index (χ0n) is 9.73. The number of benzene rings is 1. The monoisotopic (exact) mass is 238 g/mol. The van der Waals surface area contributed by atoms with Crippen molar-refractivity contribution in [2.45, 2.75) is 13.8 Å². The van der Waals surface area contributed by atoms with Gasteiger partial charge in [-0.15, -0.1) is 0 Å². The normalized spacial score (nSPS) is 9.76. The summed E-state index contributed by atoms with van der Waals surface area (Å²) in [7, 11) is 0. The first-order chi connectivity index (χ1) is 8.10. The number of nitro groups is 1. The number of non-ortho nitro benzene ring substituents is 1. The Labute approximate surface area is 98.7 Å². The van der Waals surface area contributed by atoms with Crippen LogP contribution >= 0.6 is 0 Å². The minimum atomic E-state index is -0.543. The van der Waals surface area contributed by atoms with Gasteiger partial charge >= 0.3 is 0 Å². The number of carbonyl (C=O) groups excluding carboxylic acids is 1. The quantitative estimate of drug-likeness (QED) is 0.625. The minimum Gasteiger partial charge on any atom is -0.493 e. The maximum absolute atomic E-state index is 11.7. The van der Waals surface area contributed by atoms with Crippen molar-refractivity contribution in [2.75, 3.05) is 13.2 Å². The number of hydrogen-bond acceptors (Lipinski definition) is 4. The largest absolute Gasteiger partial charge is 0.493 e. The van der Waals surface area contributed by atoms with E-state index in [2.05, 4.69) is 5.32 Å². The van der Waals surface area contributed by atoms with E-state index in [1.165, 1.54) is 18.2 Å². The van der Waals surface area contributed by atoms with Gasteiger partial charge in [0.1, 0.15) is 5.75 Å². The van der Waals surface area contributed by atoms with Crippen LogP contribution in [0.4, 0.5) is 5.69 Å². The number of rotatable bonds is 5. The highest BCUT2D eigenvalue weighted by Gasteiger charge is 2.16. The Morgan fingerprint density at radius 2 is 2.18 bits per heavy atom. The van der Waals surface area contributed by atoms with Gasteiger partial charge in [-0.3, -0.25) is 14.9 Å². The van der Waals surface area contributed by atoms with Crippen molar-refractivity contribution in [1.29, 1.82) is 0 Å². The van der Waals surface area contributed by atoms with Gasteiger partial charge in [-0.2, -0.15) is 0 Å². The van der Waals surface area contributed by atoms with Crippen LogP contribution in [0.5, 0.6) is 5.75 Å². The van der Waals surface area contributed by atoms with Crippen molar-refractivity contribution in [3.63, 3.8) is 0 Å². The maximum atomic E-state index is 11.7. The highest BCUT2D eigenvalue weighted by atomic mass is 16.6. The Kier molecular flexibility index (Phi) is 4.45. The fraction of sp³-hybridized carbons (Fsp3) is 0.364. The zero-order chi connectivity index (χ0) is 12.8. The van der Waals surface area contributed by atoms with E-state index in [9.17, 15) is 14.9 Å². The lowest BCUT2D eigenvalue weighted by Crippen LogP contribution is -2.23. The van der Waals surface area contributed by atoms with Crippen LogP contribution in [0.25, 0.3) is 0 Å². The van der Waals surface area contributed by atoms with Gasteiger partial charge < -0.3 is 10.1 Å². The standard InChI is InChI=1S/C11H14N2O4/c1-3-12-11(14)9-7-8(13(15)16)5-6-10(9)17-4-2/h5-7H,3-4H2,1-2H3,(H,12,14). The van der Waals surface area contributed by atoms with E-state index in [1.807, 2.05) is 0 Å². The lowest BCUT2D eigenvalue weighted by molar-refractivity contribution is -0.384. The van der Waals surface area contributed by atoms with E-state index in [4.69, 9.17) is 4.74 Å². The Morgan fingerprint density at radius 3 is 2.71 bits per heavy atom. The van der Waals surface area contributed by atoms with Gasteiger partial charge in [0, 0.05) is 18.7 Å². The van der Waals surface area contributed by atoms with Gasteiger partial charge in [0.15, 0.2) is 0 Å². The smallest absolute Gasteiger partial charge is 0.270 e. The molecule has 0 aliphatic carbocycles. The Morgan fingerprint density at radius 1 is 1.47 bits per heavy atom. The topological polar surface area (TPSA) is 81.5 Å². The van der Waals surface area contributed by atoms with Gasteiger partial charge in [-0.1, -0.05) is 0 Å². The molecule has 1 rings (SSSR count). The molecule has 0 heterocycles. The number of hydrogen-bond donors (Lipinski definition) is 1. The van der Waals surface area contributed by atoms with Crippen molar-refractivity contribution in [3.05, 3.63) is 33.9 Å². The molecule has 0 radical (unpaired) electrons. The number of nitrogens with one attached hydrogen (secondary N) is 1. The highest BCUT2D eigenvalue weighted by Crippen LogP contribution is 2.24. The predicted octanol–water partition coefficient (Wildman–Crippen LogP) is 1.74. The Balaban J connectivity index is 3.15. The molecule has 0 aromatic heterocycles. The number of nitro benzene ring substituents is 1. The third kappa shape index (κ3) is 3.17. The van der Waals surface area contributed by atoms with Crippen molar-refractivity contribution >= 4 is 11.6 Å². The molecular formula is C11H14N2O4. The van der Waals surface area contributed by atoms with E-state index >= 15 is 0 Å². The Hall–Kier alpha value is -2.11. The van der Waals surface area contributed by atoms with Crippen molar-refractivity contribution in [1.82, 2.24) is 5.32 Å². The SMILES string of the molecule is CCNC(=O)c1cc([N+](=O)[O-])ccc1OCC. The van der Waals surface area contributed by atoms with Crippen molar-refractivity contribution < 1.29 is 14.5 Å². The predicted molar refractivity (Wildman–Crippen MR) is 62.3 cm³/mol. The summed E-state index contributed by atoms with van der Waals surface area (Å²) in [6.07, 6.45) is 0. The molecule has 0 unspecified atom stereocenters. The molecule has 6 nitrogen and oxygen atoms in total. The van der Waals surface area contributed by atoms with Crippen LogP contribution in [0.1, 0.15) is 24.2 Å². The average Bonchev–Trinajstić information content (AvgIpc) is 2.30. The van der Waals surface area contributed by atoms with Crippen LogP contribution in [0, 0.1) is 10.1 Å². The molecule has 0 saturated heterocycles. The third-order valence-electron chi connectivity index (χ3n) is 2.06. The summed E-state index contributed by atoms with van der Waals surface area (Å²) in [6.45, 7) is 4.40. The lowest BCUT2D eigenvalue weighted by Gasteiger charge is -2.09. The molecule has 1 aromatic rings. The van der Waals surface area contributed by atoms with Gasteiger partial charge in [0.25, 0.3) is 11.6 Å². The summed E-state index contributed by atoms with van der Waals surface area (Å²) in [5.74, 6) is -0.0244. The first-order valence-corrected chi connectivity index (χ1v) is 5.29. The van der Waals surface area contributed by atoms with E-state index in [0.717, 1.165) is 0 Å². The Bertz CT molecular complexity index is 431. The summed E-state index contributed by atoms with van der Waals surface area (Å²) in [5, 5.41) is 13.2. The second-order valence-corrected chi connectivity index (χ2v) is 3.23. The van der Waals surface area contributed by atoms with E-state index < -0.39 is 4.92 Å². The summed E-state index contributed by atoms with van der Waals surface area (Å²) < 4.78 is 5.26. The second kappa shape index (κ2) is 5.83. The molecule has 0 spiro atoms. The molecular weight excluding hydrogens is 224 g/mol. The van der Waals surface area contributed by atoms with Crippen LogP contribution in [-0.4, -0.2) is 24.0 Å². The number of amides is 1. The van der Waals surface area contributed by atoms with E-state index in [1.54, 1.807) is 13.8 Å². The molecule has 0 aliphatic heterocycles. The molecule has 92 valence electrons. The van der Waals surface area contributed by atoms with Crippen LogP contribution in [0.2, 0.25) is 0 Å². The molecule has 1 amide bonds. The maximum Gasteiger partial charge on any atom is 0.270 e. The number of ether oxygens (including phenoxy) is 1. The van der Waals surface area contributed by atoms with Crippen molar-refractivity contribution in [2.24, 2.45) is 0 Å². The molecule has 1 N–H and O–H groups in total. The lowest BCUT2D eigenvalue weighted by atomic mass is 10.1. The van der Waals surface area contributed by atoms with Crippen LogP contribution < -0.4 is 10.1 Å². The molecule has 17 heavy (non-hydrogen) atoms. The second-order valence-electron chi connectivity index (χ2n) is 3.23. The first kappa shape index (κ1) is 13.0.